The van der Waals surface area contributed by atoms with Crippen LogP contribution < -0.4 is 10.0 Å². The van der Waals surface area contributed by atoms with Crippen LogP contribution in [0.3, 0.4) is 0 Å². The van der Waals surface area contributed by atoms with Gasteiger partial charge in [0.2, 0.25) is 10.0 Å². The van der Waals surface area contributed by atoms with Gasteiger partial charge in [-0.2, -0.15) is 0 Å². The Balaban J connectivity index is 1.73. The molecule has 0 spiro atoms. The maximum Gasteiger partial charge on any atom is 0.317 e. The van der Waals surface area contributed by atoms with Crippen LogP contribution in [-0.2, 0) is 22.9 Å². The standard InChI is InChI=1S/C25H31F2N3O3S/c1-2-34(32,33)29-23-10-12-30-24(23)14-17-7-6-8-18(13-17)21-15-19(26)16-22(27)20(21)9-4-3-5-11-28-25(30)31/h6-8,13,15-16,23-24,29H,2-5,9-12,14H2,1H3,(H,28,31). The molecule has 2 amide bonds. The first-order chi connectivity index (χ1) is 16.3. The van der Waals surface area contributed by atoms with Crippen molar-refractivity contribution in [2.24, 2.45) is 0 Å². The fourth-order valence-corrected chi connectivity index (χ4v) is 5.84. The lowest BCUT2D eigenvalue weighted by Gasteiger charge is -2.29. The number of halogens is 2. The summed E-state index contributed by atoms with van der Waals surface area (Å²) in [6, 6.07) is 8.77. The number of amides is 2. The molecule has 4 rings (SSSR count). The molecule has 2 atom stereocenters. The fourth-order valence-electron chi connectivity index (χ4n) is 4.93. The van der Waals surface area contributed by atoms with E-state index in [1.54, 1.807) is 11.8 Å². The molecule has 2 unspecified atom stereocenters. The summed E-state index contributed by atoms with van der Waals surface area (Å²) >= 11 is 0. The molecule has 34 heavy (non-hydrogen) atoms. The third-order valence-corrected chi connectivity index (χ3v) is 8.16. The van der Waals surface area contributed by atoms with Crippen molar-refractivity contribution in [2.75, 3.05) is 18.8 Å². The van der Waals surface area contributed by atoms with Crippen molar-refractivity contribution in [3.05, 3.63) is 59.2 Å². The molecule has 0 aliphatic carbocycles. The quantitative estimate of drug-likeness (QED) is 0.682. The molecular formula is C25H31F2N3O3S. The van der Waals surface area contributed by atoms with Gasteiger partial charge in [0.1, 0.15) is 11.6 Å². The predicted octanol–water partition coefficient (Wildman–Crippen LogP) is 3.99. The molecule has 2 bridgehead atoms. The summed E-state index contributed by atoms with van der Waals surface area (Å²) in [4.78, 5) is 14.7. The lowest BCUT2D eigenvalue weighted by atomic mass is 9.92. The van der Waals surface area contributed by atoms with Crippen molar-refractivity contribution in [1.82, 2.24) is 14.9 Å². The predicted molar refractivity (Wildman–Crippen MR) is 128 cm³/mol. The van der Waals surface area contributed by atoms with Gasteiger partial charge in [-0.1, -0.05) is 30.7 Å². The molecule has 1 saturated heterocycles. The fraction of sp³-hybridized carbons (Fsp3) is 0.480. The van der Waals surface area contributed by atoms with E-state index in [1.807, 2.05) is 24.3 Å². The van der Waals surface area contributed by atoms with Crippen molar-refractivity contribution in [1.29, 1.82) is 0 Å². The Morgan fingerprint density at radius 1 is 1.15 bits per heavy atom. The second-order valence-electron chi connectivity index (χ2n) is 9.04. The van der Waals surface area contributed by atoms with Crippen LogP contribution in [0, 0.1) is 11.6 Å². The van der Waals surface area contributed by atoms with Crippen LogP contribution in [0.4, 0.5) is 13.6 Å². The minimum Gasteiger partial charge on any atom is -0.338 e. The zero-order valence-electron chi connectivity index (χ0n) is 19.3. The van der Waals surface area contributed by atoms with E-state index in [-0.39, 0.29) is 17.8 Å². The number of nitrogens with one attached hydrogen (secondary N) is 2. The SMILES string of the molecule is CCS(=O)(=O)NC1CCN2C(=O)NCCCCCc3c(F)cc(F)cc3-c3cccc(c3)CC12. The molecule has 184 valence electrons. The van der Waals surface area contributed by atoms with Gasteiger partial charge in [-0.25, -0.2) is 26.7 Å². The van der Waals surface area contributed by atoms with Crippen LogP contribution >= 0.6 is 0 Å². The maximum atomic E-state index is 14.7. The third kappa shape index (κ3) is 5.58. The first kappa shape index (κ1) is 24.6. The van der Waals surface area contributed by atoms with Gasteiger partial charge in [0, 0.05) is 25.2 Å². The van der Waals surface area contributed by atoms with Crippen molar-refractivity contribution in [3.8, 4) is 11.1 Å². The van der Waals surface area contributed by atoms with Crippen LogP contribution in [0.25, 0.3) is 11.1 Å². The summed E-state index contributed by atoms with van der Waals surface area (Å²) in [5, 5.41) is 2.95. The average Bonchev–Trinajstić information content (AvgIpc) is 3.17. The average molecular weight is 492 g/mol. The number of sulfonamides is 1. The number of fused-ring (bicyclic) bond motifs is 5. The molecular weight excluding hydrogens is 460 g/mol. The molecule has 6 nitrogen and oxygen atoms in total. The number of nitrogens with zero attached hydrogens (tertiary/aromatic N) is 1. The number of urea groups is 1. The molecule has 2 aromatic rings. The molecule has 2 aromatic carbocycles. The lowest BCUT2D eigenvalue weighted by molar-refractivity contribution is 0.189. The van der Waals surface area contributed by atoms with E-state index in [0.717, 1.165) is 30.9 Å². The number of carbonyl (C=O) groups excluding carboxylic acids is 1. The normalized spacial score (nSPS) is 21.7. The van der Waals surface area contributed by atoms with E-state index in [1.165, 1.54) is 6.07 Å². The van der Waals surface area contributed by atoms with Gasteiger partial charge in [-0.15, -0.1) is 0 Å². The molecule has 2 aliphatic heterocycles. The second-order valence-corrected chi connectivity index (χ2v) is 11.1. The van der Waals surface area contributed by atoms with Gasteiger partial charge < -0.3 is 10.2 Å². The smallest absolute Gasteiger partial charge is 0.317 e. The highest BCUT2D eigenvalue weighted by molar-refractivity contribution is 7.89. The van der Waals surface area contributed by atoms with Gasteiger partial charge in [0.05, 0.1) is 11.8 Å². The van der Waals surface area contributed by atoms with Gasteiger partial charge in [0.25, 0.3) is 0 Å². The highest BCUT2D eigenvalue weighted by atomic mass is 32.2. The Kier molecular flexibility index (Phi) is 7.52. The van der Waals surface area contributed by atoms with Crippen LogP contribution in [0.15, 0.2) is 36.4 Å². The van der Waals surface area contributed by atoms with Crippen LogP contribution in [0.1, 0.15) is 43.7 Å². The Bertz CT molecular complexity index is 1160. The zero-order chi connectivity index (χ0) is 24.3. The Labute approximate surface area is 199 Å². The summed E-state index contributed by atoms with van der Waals surface area (Å²) in [7, 11) is -3.45. The zero-order valence-corrected chi connectivity index (χ0v) is 20.1. The van der Waals surface area contributed by atoms with Crippen molar-refractivity contribution in [2.45, 2.75) is 57.5 Å². The van der Waals surface area contributed by atoms with E-state index in [4.69, 9.17) is 0 Å². The van der Waals surface area contributed by atoms with E-state index in [9.17, 15) is 22.0 Å². The van der Waals surface area contributed by atoms with Gasteiger partial charge in [-0.3, -0.25) is 0 Å². The third-order valence-electron chi connectivity index (χ3n) is 6.74. The second kappa shape index (κ2) is 10.4. The number of rotatable bonds is 3. The summed E-state index contributed by atoms with van der Waals surface area (Å²) in [6.45, 7) is 2.52. The van der Waals surface area contributed by atoms with Crippen molar-refractivity contribution >= 4 is 16.1 Å². The summed E-state index contributed by atoms with van der Waals surface area (Å²) in [5.74, 6) is -1.20. The van der Waals surface area contributed by atoms with Gasteiger partial charge in [0.15, 0.2) is 0 Å². The van der Waals surface area contributed by atoms with E-state index < -0.39 is 27.7 Å². The number of hydrogen-bond donors (Lipinski definition) is 2. The Hall–Kier alpha value is -2.52. The number of carbonyl (C=O) groups is 1. The molecule has 2 aliphatic rings. The Morgan fingerprint density at radius 3 is 2.76 bits per heavy atom. The van der Waals surface area contributed by atoms with E-state index >= 15 is 0 Å². The molecule has 0 aromatic heterocycles. The highest BCUT2D eigenvalue weighted by Crippen LogP contribution is 2.31. The summed E-state index contributed by atoms with van der Waals surface area (Å²) in [6.07, 6.45) is 3.68. The van der Waals surface area contributed by atoms with Crippen molar-refractivity contribution in [3.63, 3.8) is 0 Å². The lowest BCUT2D eigenvalue weighted by Crippen LogP contribution is -2.50. The van der Waals surface area contributed by atoms with Crippen LogP contribution in [0.2, 0.25) is 0 Å². The van der Waals surface area contributed by atoms with Gasteiger partial charge >= 0.3 is 6.03 Å². The largest absolute Gasteiger partial charge is 0.338 e. The van der Waals surface area contributed by atoms with Crippen LogP contribution in [0.5, 0.6) is 0 Å². The molecule has 1 fully saturated rings. The first-order valence-electron chi connectivity index (χ1n) is 11.9. The molecule has 0 radical (unpaired) electrons. The first-order valence-corrected chi connectivity index (χ1v) is 13.5. The van der Waals surface area contributed by atoms with Crippen LogP contribution in [-0.4, -0.2) is 50.3 Å². The molecule has 2 N–H and O–H groups in total. The van der Waals surface area contributed by atoms with E-state index in [2.05, 4.69) is 10.0 Å². The number of hydrogen-bond acceptors (Lipinski definition) is 3. The minimum atomic E-state index is -3.45. The van der Waals surface area contributed by atoms with Crippen molar-refractivity contribution < 1.29 is 22.0 Å². The molecule has 0 saturated carbocycles. The number of benzene rings is 2. The molecule has 9 heteroatoms. The summed E-state index contributed by atoms with van der Waals surface area (Å²) in [5.41, 5.74) is 2.61. The topological polar surface area (TPSA) is 78.5 Å². The minimum absolute atomic E-state index is 0.0359. The Morgan fingerprint density at radius 2 is 1.97 bits per heavy atom. The van der Waals surface area contributed by atoms with Gasteiger partial charge in [-0.05, 0) is 67.3 Å². The van der Waals surface area contributed by atoms with E-state index in [0.29, 0.717) is 49.0 Å². The highest BCUT2D eigenvalue weighted by Gasteiger charge is 2.38. The monoisotopic (exact) mass is 491 g/mol. The molecule has 2 heterocycles. The summed E-state index contributed by atoms with van der Waals surface area (Å²) < 4.78 is 56.2. The maximum absolute atomic E-state index is 14.7.